The molecular formula is C11H8N2O2S. The van der Waals surface area contributed by atoms with Gasteiger partial charge in [0.1, 0.15) is 0 Å². The van der Waals surface area contributed by atoms with Crippen LogP contribution in [0.4, 0.5) is 5.13 Å². The molecule has 1 aliphatic heterocycles. The van der Waals surface area contributed by atoms with Crippen molar-refractivity contribution in [2.45, 2.75) is 6.23 Å². The van der Waals surface area contributed by atoms with Gasteiger partial charge < -0.3 is 10.1 Å². The van der Waals surface area contributed by atoms with Crippen molar-refractivity contribution < 1.29 is 9.53 Å². The average Bonchev–Trinajstić information content (AvgIpc) is 2.90. The minimum Gasteiger partial charge on any atom is -0.434 e. The first-order valence-electron chi connectivity index (χ1n) is 4.80. The number of carbonyl (C=O) groups is 1. The van der Waals surface area contributed by atoms with Gasteiger partial charge in [0.2, 0.25) is 6.23 Å². The summed E-state index contributed by atoms with van der Waals surface area (Å²) in [5.74, 6) is -0.287. The summed E-state index contributed by atoms with van der Waals surface area (Å²) in [5, 5.41) is 5.68. The van der Waals surface area contributed by atoms with Crippen LogP contribution >= 0.6 is 11.3 Å². The number of anilines is 1. The van der Waals surface area contributed by atoms with E-state index in [0.717, 1.165) is 10.7 Å². The molecule has 0 bridgehead atoms. The van der Waals surface area contributed by atoms with Gasteiger partial charge in [-0.05, 0) is 6.07 Å². The number of hydrogen-bond acceptors (Lipinski definition) is 5. The van der Waals surface area contributed by atoms with Gasteiger partial charge in [0, 0.05) is 17.1 Å². The lowest BCUT2D eigenvalue weighted by Gasteiger charge is -2.11. The quantitative estimate of drug-likeness (QED) is 0.808. The van der Waals surface area contributed by atoms with Gasteiger partial charge in [0.15, 0.2) is 5.13 Å². The van der Waals surface area contributed by atoms with E-state index in [1.165, 1.54) is 11.3 Å². The van der Waals surface area contributed by atoms with E-state index in [1.807, 2.05) is 23.6 Å². The van der Waals surface area contributed by atoms with Gasteiger partial charge in [-0.1, -0.05) is 18.2 Å². The third-order valence-corrected chi connectivity index (χ3v) is 3.08. The number of fused-ring (bicyclic) bond motifs is 1. The predicted octanol–water partition coefficient (Wildman–Crippen LogP) is 2.42. The van der Waals surface area contributed by atoms with Crippen LogP contribution in [0, 0.1) is 0 Å². The molecule has 5 heteroatoms. The van der Waals surface area contributed by atoms with Crippen molar-refractivity contribution in [3.8, 4) is 0 Å². The smallest absolute Gasteiger partial charge is 0.340 e. The number of nitrogens with one attached hydrogen (secondary N) is 1. The maximum Gasteiger partial charge on any atom is 0.340 e. The van der Waals surface area contributed by atoms with Gasteiger partial charge in [0.25, 0.3) is 0 Å². The Morgan fingerprint density at radius 1 is 1.38 bits per heavy atom. The maximum atomic E-state index is 11.5. The second-order valence-electron chi connectivity index (χ2n) is 3.35. The molecule has 80 valence electrons. The van der Waals surface area contributed by atoms with Crippen molar-refractivity contribution in [3.05, 3.63) is 47.0 Å². The molecule has 16 heavy (non-hydrogen) atoms. The highest BCUT2D eigenvalue weighted by Gasteiger charge is 2.30. The number of benzene rings is 1. The van der Waals surface area contributed by atoms with Gasteiger partial charge >= 0.3 is 5.97 Å². The summed E-state index contributed by atoms with van der Waals surface area (Å²) < 4.78 is 5.22. The largest absolute Gasteiger partial charge is 0.434 e. The molecular weight excluding hydrogens is 224 g/mol. The molecule has 0 fully saturated rings. The van der Waals surface area contributed by atoms with Crippen LogP contribution in [0.25, 0.3) is 0 Å². The zero-order valence-electron chi connectivity index (χ0n) is 8.21. The Morgan fingerprint density at radius 2 is 2.25 bits per heavy atom. The van der Waals surface area contributed by atoms with Gasteiger partial charge in [-0.3, -0.25) is 0 Å². The molecule has 0 radical (unpaired) electrons. The minimum atomic E-state index is -0.421. The number of ether oxygens (including phenoxy) is 1. The van der Waals surface area contributed by atoms with Crippen molar-refractivity contribution in [1.82, 2.24) is 4.98 Å². The number of hydrogen-bond donors (Lipinski definition) is 1. The van der Waals surface area contributed by atoms with Crippen molar-refractivity contribution in [2.24, 2.45) is 0 Å². The SMILES string of the molecule is O=C1O[C@H](Nc2nccs2)c2ccccc21. The molecule has 4 nitrogen and oxygen atoms in total. The Hall–Kier alpha value is -1.88. The number of thiazole rings is 1. The Bertz CT molecular complexity index is 525. The first-order valence-corrected chi connectivity index (χ1v) is 5.68. The van der Waals surface area contributed by atoms with E-state index in [-0.39, 0.29) is 5.97 Å². The fraction of sp³-hybridized carbons (Fsp3) is 0.0909. The van der Waals surface area contributed by atoms with Crippen LogP contribution in [0.5, 0.6) is 0 Å². The van der Waals surface area contributed by atoms with Gasteiger partial charge in [0.05, 0.1) is 5.56 Å². The summed E-state index contributed by atoms with van der Waals surface area (Å²) in [7, 11) is 0. The molecule has 1 aromatic carbocycles. The van der Waals surface area contributed by atoms with Crippen LogP contribution in [-0.2, 0) is 4.74 Å². The highest BCUT2D eigenvalue weighted by atomic mass is 32.1. The van der Waals surface area contributed by atoms with Crippen molar-refractivity contribution >= 4 is 22.4 Å². The number of cyclic esters (lactones) is 1. The second-order valence-corrected chi connectivity index (χ2v) is 4.25. The van der Waals surface area contributed by atoms with Crippen LogP contribution in [0.15, 0.2) is 35.8 Å². The maximum absolute atomic E-state index is 11.5. The topological polar surface area (TPSA) is 51.2 Å². The molecule has 1 atom stereocenters. The van der Waals surface area contributed by atoms with Crippen LogP contribution in [0.3, 0.4) is 0 Å². The lowest BCUT2D eigenvalue weighted by molar-refractivity contribution is 0.0437. The molecule has 0 saturated carbocycles. The molecule has 0 aliphatic carbocycles. The van der Waals surface area contributed by atoms with Crippen LogP contribution in [0.2, 0.25) is 0 Å². The van der Waals surface area contributed by atoms with E-state index >= 15 is 0 Å². The summed E-state index contributed by atoms with van der Waals surface area (Å²) in [6, 6.07) is 7.36. The third-order valence-electron chi connectivity index (χ3n) is 2.37. The number of carbonyl (C=O) groups excluding carboxylic acids is 1. The molecule has 1 aliphatic rings. The van der Waals surface area contributed by atoms with Crippen LogP contribution in [0.1, 0.15) is 22.1 Å². The van der Waals surface area contributed by atoms with Crippen molar-refractivity contribution in [1.29, 1.82) is 0 Å². The number of nitrogens with zero attached hydrogens (tertiary/aromatic N) is 1. The van der Waals surface area contributed by atoms with E-state index in [2.05, 4.69) is 10.3 Å². The molecule has 0 unspecified atom stereocenters. The Morgan fingerprint density at radius 3 is 3.06 bits per heavy atom. The lowest BCUT2D eigenvalue weighted by atomic mass is 10.1. The zero-order valence-corrected chi connectivity index (χ0v) is 9.03. The first kappa shape index (κ1) is 9.35. The van der Waals surface area contributed by atoms with Crippen LogP contribution in [-0.4, -0.2) is 11.0 Å². The summed E-state index contributed by atoms with van der Waals surface area (Å²) in [6.07, 6.45) is 1.28. The molecule has 0 spiro atoms. The summed E-state index contributed by atoms with van der Waals surface area (Å²) in [4.78, 5) is 15.6. The highest BCUT2D eigenvalue weighted by molar-refractivity contribution is 7.13. The minimum absolute atomic E-state index is 0.287. The van der Waals surface area contributed by atoms with Crippen LogP contribution < -0.4 is 5.32 Å². The first-order chi connectivity index (χ1) is 7.84. The van der Waals surface area contributed by atoms with E-state index in [1.54, 1.807) is 12.3 Å². The van der Waals surface area contributed by atoms with Gasteiger partial charge in [-0.15, -0.1) is 11.3 Å². The summed E-state index contributed by atoms with van der Waals surface area (Å²) >= 11 is 1.47. The molecule has 1 aromatic heterocycles. The van der Waals surface area contributed by atoms with Gasteiger partial charge in [-0.2, -0.15) is 0 Å². The molecule has 2 aromatic rings. The Kier molecular flexibility index (Phi) is 2.11. The molecule has 0 amide bonds. The monoisotopic (exact) mass is 232 g/mol. The number of aromatic nitrogens is 1. The highest BCUT2D eigenvalue weighted by Crippen LogP contribution is 2.31. The Labute approximate surface area is 95.9 Å². The standard InChI is InChI=1S/C11H8N2O2S/c14-10-8-4-2-1-3-7(8)9(15-10)13-11-12-5-6-16-11/h1-6,9H,(H,12,13)/t9-/m0/s1. The molecule has 1 N–H and O–H groups in total. The zero-order chi connectivity index (χ0) is 11.0. The summed E-state index contributed by atoms with van der Waals surface area (Å²) in [6.45, 7) is 0. The van der Waals surface area contributed by atoms with E-state index in [0.29, 0.717) is 5.56 Å². The van der Waals surface area contributed by atoms with E-state index in [4.69, 9.17) is 4.74 Å². The second kappa shape index (κ2) is 3.61. The molecule has 3 rings (SSSR count). The van der Waals surface area contributed by atoms with Crippen molar-refractivity contribution in [2.75, 3.05) is 5.32 Å². The van der Waals surface area contributed by atoms with Gasteiger partial charge in [-0.25, -0.2) is 9.78 Å². The molecule has 2 heterocycles. The summed E-state index contributed by atoms with van der Waals surface area (Å²) in [5.41, 5.74) is 1.49. The van der Waals surface area contributed by atoms with E-state index in [9.17, 15) is 4.79 Å². The average molecular weight is 232 g/mol. The number of esters is 1. The number of rotatable bonds is 2. The fourth-order valence-corrected chi connectivity index (χ4v) is 2.21. The third kappa shape index (κ3) is 1.45. The molecule has 0 saturated heterocycles. The van der Waals surface area contributed by atoms with E-state index < -0.39 is 6.23 Å². The predicted molar refractivity (Wildman–Crippen MR) is 60.3 cm³/mol. The Balaban J connectivity index is 1.92. The normalized spacial score (nSPS) is 18.0. The lowest BCUT2D eigenvalue weighted by Crippen LogP contribution is -2.09. The van der Waals surface area contributed by atoms with Crippen molar-refractivity contribution in [3.63, 3.8) is 0 Å². The fourth-order valence-electron chi connectivity index (χ4n) is 1.66.